The van der Waals surface area contributed by atoms with Crippen LogP contribution in [0.15, 0.2) is 444 Å². The van der Waals surface area contributed by atoms with E-state index >= 15 is 0 Å². The summed E-state index contributed by atoms with van der Waals surface area (Å²) >= 11 is 0. The topological polar surface area (TPSA) is 195 Å². The van der Waals surface area contributed by atoms with Crippen molar-refractivity contribution in [2.75, 3.05) is 0 Å². The van der Waals surface area contributed by atoms with Crippen LogP contribution in [0.1, 0.15) is 0 Å². The molecule has 0 radical (unpaired) electrons. The Hall–Kier alpha value is -18.0. The molecule has 606 valence electrons. The predicted molar refractivity (Wildman–Crippen MR) is 517 cm³/mol. The smallest absolute Gasteiger partial charge is 0.178 e. The van der Waals surface area contributed by atoms with E-state index in [4.69, 9.17) is 49.8 Å². The summed E-state index contributed by atoms with van der Waals surface area (Å²) in [5.41, 5.74) is 27.8. The van der Waals surface area contributed by atoms with Gasteiger partial charge in [0.1, 0.15) is 5.69 Å². The van der Waals surface area contributed by atoms with E-state index in [1.54, 1.807) is 24.8 Å². The van der Waals surface area contributed by atoms with E-state index in [1.165, 1.54) is 65.4 Å². The highest BCUT2D eigenvalue weighted by Crippen LogP contribution is 2.39. The first-order valence-electron chi connectivity index (χ1n) is 42.4. The summed E-state index contributed by atoms with van der Waals surface area (Å²) in [6, 6.07) is 130. The maximum atomic E-state index is 4.91. The zero-order valence-corrected chi connectivity index (χ0v) is 69.2. The minimum atomic E-state index is 0.530. The quantitative estimate of drug-likeness (QED) is 0.0940. The van der Waals surface area contributed by atoms with Crippen LogP contribution in [0.5, 0.6) is 0 Å². The van der Waals surface area contributed by atoms with E-state index in [-0.39, 0.29) is 0 Å². The minimum Gasteiger partial charge on any atom is -0.309 e. The molecule has 0 fully saturated rings. The summed E-state index contributed by atoms with van der Waals surface area (Å²) in [5.74, 6) is 2.39. The summed E-state index contributed by atoms with van der Waals surface area (Å²) in [4.78, 5) is 66.0. The van der Waals surface area contributed by atoms with Crippen molar-refractivity contribution >= 4 is 65.4 Å². The number of hydrogen-bond donors (Lipinski definition) is 0. The van der Waals surface area contributed by atoms with Gasteiger partial charge in [-0.1, -0.05) is 231 Å². The highest BCUT2D eigenvalue weighted by atomic mass is 15.0. The van der Waals surface area contributed by atoms with Crippen molar-refractivity contribution in [2.45, 2.75) is 0 Å². The van der Waals surface area contributed by atoms with Crippen molar-refractivity contribution in [3.63, 3.8) is 0 Å². The number of hydrogen-bond acceptors (Lipinski definition) is 14. The maximum absolute atomic E-state index is 4.91. The fourth-order valence-electron chi connectivity index (χ4n) is 16.8. The standard InChI is InChI=1S/C38H25N5.2C37H24N6/c1-2-10-27(11-3-1)34-22-28(23-35(42-34)33-14-8-9-21-39-33)38-40-24-29(25-41-38)26-17-19-30(20-18-26)43-36-15-6-4-12-31(36)32-13-5-7-16-37(32)43;1-3-13-35-29(9-1)30-10-2-4-14-36(30)43(35)28-17-15-25(16-18-28)27-23-40-37(41-24-27)26-21-33(31-11-5-7-19-38-31)42-34(22-26)32-12-6-8-20-39-32;1-2-10-26(11-3-1)36-41-32(31-14-8-9-21-38-31)22-33(42-36)37-39-23-27(24-40-37)25-17-19-28(20-18-25)43-34-15-6-4-12-29(34)30-13-5-7-16-35(30)43/h1-25H;2*1-24H. The lowest BCUT2D eigenvalue weighted by molar-refractivity contribution is 1.10. The van der Waals surface area contributed by atoms with Gasteiger partial charge in [-0.15, -0.1) is 0 Å². The molecule has 11 aromatic carbocycles. The number of nitrogens with zero attached hydrogens (tertiary/aromatic N) is 17. The third-order valence-corrected chi connectivity index (χ3v) is 23.0. The van der Waals surface area contributed by atoms with Gasteiger partial charge in [0.2, 0.25) is 0 Å². The Balaban J connectivity index is 0.000000114. The van der Waals surface area contributed by atoms with Crippen molar-refractivity contribution in [2.24, 2.45) is 0 Å². The van der Waals surface area contributed by atoms with E-state index in [0.29, 0.717) is 29.0 Å². The Morgan fingerprint density at radius 2 is 0.395 bits per heavy atom. The number of benzene rings is 11. The molecule has 0 amide bonds. The van der Waals surface area contributed by atoms with Gasteiger partial charge in [0, 0.05) is 150 Å². The fourth-order valence-corrected chi connectivity index (χ4v) is 16.8. The average molecular weight is 1660 g/mol. The second kappa shape index (κ2) is 34.4. The Bertz CT molecular complexity index is 7050. The van der Waals surface area contributed by atoms with Gasteiger partial charge in [0.05, 0.1) is 84.3 Å². The number of aromatic nitrogens is 17. The van der Waals surface area contributed by atoms with Gasteiger partial charge in [-0.2, -0.15) is 0 Å². The molecule has 13 aromatic heterocycles. The first-order chi connectivity index (χ1) is 63.9. The van der Waals surface area contributed by atoms with Gasteiger partial charge in [-0.25, -0.2) is 49.8 Å². The van der Waals surface area contributed by atoms with Gasteiger partial charge in [-0.3, -0.25) is 19.9 Å². The van der Waals surface area contributed by atoms with E-state index in [0.717, 1.165) is 124 Å². The molecule has 0 bridgehead atoms. The second-order valence-electron chi connectivity index (χ2n) is 30.9. The van der Waals surface area contributed by atoms with Crippen LogP contribution in [0, 0.1) is 0 Å². The number of pyridine rings is 6. The Morgan fingerprint density at radius 1 is 0.140 bits per heavy atom. The SMILES string of the molecule is c1ccc(-c2cc(-c3ncc(-c4ccc(-n5c6ccccc6c6ccccc65)cc4)cn3)cc(-c3ccccn3)n2)cc1.c1ccc(-c2cc(-c3ncc(-c4ccc(-n5c6ccccc6c6ccccc65)cc4)cn3)cc(-c3ccccn3)n2)nc1.c1ccc(-c2nc(-c3ccccn3)cc(-c3ncc(-c4ccc(-n5c6ccccc6c6ccccc65)cc4)cn3)n2)cc1. The summed E-state index contributed by atoms with van der Waals surface area (Å²) in [6.07, 6.45) is 18.3. The molecule has 0 saturated carbocycles. The van der Waals surface area contributed by atoms with E-state index in [9.17, 15) is 0 Å². The van der Waals surface area contributed by atoms with Gasteiger partial charge in [-0.05, 0) is 168 Å². The lowest BCUT2D eigenvalue weighted by atomic mass is 10.1. The molecule has 0 spiro atoms. The molecule has 17 heteroatoms. The van der Waals surface area contributed by atoms with Gasteiger partial charge < -0.3 is 13.7 Å². The van der Waals surface area contributed by atoms with Crippen LogP contribution in [0.3, 0.4) is 0 Å². The molecule has 24 rings (SSSR count). The fraction of sp³-hybridized carbons (Fsp3) is 0. The summed E-state index contributed by atoms with van der Waals surface area (Å²) in [5, 5.41) is 7.50. The highest BCUT2D eigenvalue weighted by Gasteiger charge is 2.21. The van der Waals surface area contributed by atoms with Crippen molar-refractivity contribution in [1.82, 2.24) is 83.5 Å². The normalized spacial score (nSPS) is 11.3. The van der Waals surface area contributed by atoms with E-state index < -0.39 is 0 Å². The predicted octanol–water partition coefficient (Wildman–Crippen LogP) is 25.9. The van der Waals surface area contributed by atoms with Crippen LogP contribution in [-0.4, -0.2) is 83.5 Å². The first kappa shape index (κ1) is 77.1. The molecule has 0 N–H and O–H groups in total. The van der Waals surface area contributed by atoms with Crippen LogP contribution >= 0.6 is 0 Å². The van der Waals surface area contributed by atoms with Gasteiger partial charge >= 0.3 is 0 Å². The molecule has 13 heterocycles. The minimum absolute atomic E-state index is 0.530. The highest BCUT2D eigenvalue weighted by molar-refractivity contribution is 6.11. The average Bonchev–Trinajstić information content (AvgIpc) is 1.58. The van der Waals surface area contributed by atoms with Gasteiger partial charge in [0.15, 0.2) is 23.3 Å². The van der Waals surface area contributed by atoms with Crippen molar-refractivity contribution in [3.05, 3.63) is 444 Å². The maximum Gasteiger partial charge on any atom is 0.178 e. The molecule has 24 aromatic rings. The molecule has 17 nitrogen and oxygen atoms in total. The molecule has 0 saturated heterocycles. The monoisotopic (exact) mass is 1660 g/mol. The van der Waals surface area contributed by atoms with E-state index in [1.807, 2.05) is 189 Å². The third-order valence-electron chi connectivity index (χ3n) is 23.0. The molecule has 129 heavy (non-hydrogen) atoms. The first-order valence-corrected chi connectivity index (χ1v) is 42.4. The Morgan fingerprint density at radius 3 is 0.705 bits per heavy atom. The third kappa shape index (κ3) is 15.5. The molecule has 0 aliphatic carbocycles. The summed E-state index contributed by atoms with van der Waals surface area (Å²) in [7, 11) is 0. The summed E-state index contributed by atoms with van der Waals surface area (Å²) in [6.45, 7) is 0. The zero-order valence-electron chi connectivity index (χ0n) is 69.2. The molecule has 0 unspecified atom stereocenters. The lowest BCUT2D eigenvalue weighted by Crippen LogP contribution is -1.99. The van der Waals surface area contributed by atoms with E-state index in [2.05, 4.69) is 264 Å². The molecular formula is C112H73N17. The molecule has 0 atom stereocenters. The molecule has 0 aliphatic heterocycles. The number of para-hydroxylation sites is 6. The summed E-state index contributed by atoms with van der Waals surface area (Å²) < 4.78 is 6.95. The van der Waals surface area contributed by atoms with Crippen molar-refractivity contribution in [3.8, 4) is 153 Å². The van der Waals surface area contributed by atoms with Gasteiger partial charge in [0.25, 0.3) is 0 Å². The second-order valence-corrected chi connectivity index (χ2v) is 30.9. The van der Waals surface area contributed by atoms with Crippen LogP contribution in [0.2, 0.25) is 0 Å². The lowest BCUT2D eigenvalue weighted by Gasteiger charge is -2.10. The number of rotatable bonds is 15. The largest absolute Gasteiger partial charge is 0.309 e. The van der Waals surface area contributed by atoms with Crippen LogP contribution in [0.4, 0.5) is 0 Å². The van der Waals surface area contributed by atoms with Crippen molar-refractivity contribution < 1.29 is 0 Å². The van der Waals surface area contributed by atoms with Crippen LogP contribution in [0.25, 0.3) is 218 Å². The number of fused-ring (bicyclic) bond motifs is 9. The van der Waals surface area contributed by atoms with Crippen LogP contribution in [-0.2, 0) is 0 Å². The van der Waals surface area contributed by atoms with Crippen molar-refractivity contribution in [1.29, 1.82) is 0 Å². The van der Waals surface area contributed by atoms with Crippen LogP contribution < -0.4 is 0 Å². The molecular weight excluding hydrogens is 1580 g/mol. The molecule has 0 aliphatic rings. The Labute approximate surface area is 741 Å². The Kier molecular flexibility index (Phi) is 20.6. The zero-order chi connectivity index (χ0) is 85.8.